The highest BCUT2D eigenvalue weighted by Gasteiger charge is 2.13. The average molecular weight is 308 g/mol. The van der Waals surface area contributed by atoms with Gasteiger partial charge in [0.15, 0.2) is 11.5 Å². The first-order chi connectivity index (χ1) is 9.81. The molecule has 0 aromatic heterocycles. The predicted molar refractivity (Wildman–Crippen MR) is 84.6 cm³/mol. The van der Waals surface area contributed by atoms with Crippen LogP contribution in [0.2, 0.25) is 0 Å². The van der Waals surface area contributed by atoms with E-state index in [4.69, 9.17) is 19.9 Å². The van der Waals surface area contributed by atoms with Crippen LogP contribution in [0.5, 0.6) is 17.2 Å². The summed E-state index contributed by atoms with van der Waals surface area (Å²) in [7, 11) is 1.65. The van der Waals surface area contributed by atoms with E-state index in [1.165, 1.54) is 0 Å². The SMILES string of the molecule is COc1ccc(-c2ccc3c(c2)OCCO3)cc1CN.Cl. The van der Waals surface area contributed by atoms with Gasteiger partial charge in [-0.1, -0.05) is 12.1 Å². The lowest BCUT2D eigenvalue weighted by atomic mass is 10.0. The summed E-state index contributed by atoms with van der Waals surface area (Å²) in [6.45, 7) is 1.64. The molecule has 1 aliphatic heterocycles. The van der Waals surface area contributed by atoms with Crippen LogP contribution in [0.4, 0.5) is 0 Å². The van der Waals surface area contributed by atoms with Crippen LogP contribution in [-0.2, 0) is 6.54 Å². The van der Waals surface area contributed by atoms with Crippen molar-refractivity contribution in [1.29, 1.82) is 0 Å². The number of ether oxygens (including phenoxy) is 3. The molecule has 1 heterocycles. The van der Waals surface area contributed by atoms with Gasteiger partial charge in [-0.25, -0.2) is 0 Å². The Morgan fingerprint density at radius 2 is 1.67 bits per heavy atom. The molecule has 1 aliphatic rings. The van der Waals surface area contributed by atoms with Crippen LogP contribution >= 0.6 is 12.4 Å². The quantitative estimate of drug-likeness (QED) is 0.947. The van der Waals surface area contributed by atoms with Crippen LogP contribution in [0.25, 0.3) is 11.1 Å². The Bertz CT molecular complexity index is 593. The van der Waals surface area contributed by atoms with E-state index in [-0.39, 0.29) is 12.4 Å². The fraction of sp³-hybridized carbons (Fsp3) is 0.250. The third-order valence-corrected chi connectivity index (χ3v) is 3.38. The maximum atomic E-state index is 5.76. The first-order valence-corrected chi connectivity index (χ1v) is 6.59. The Balaban J connectivity index is 0.00000161. The number of rotatable bonds is 3. The molecule has 0 radical (unpaired) electrons. The van der Waals surface area contributed by atoms with Crippen molar-refractivity contribution in [2.45, 2.75) is 6.54 Å². The zero-order valence-corrected chi connectivity index (χ0v) is 12.6. The normalized spacial score (nSPS) is 12.5. The Hall–Kier alpha value is -1.91. The number of benzene rings is 2. The van der Waals surface area contributed by atoms with Crippen LogP contribution in [-0.4, -0.2) is 20.3 Å². The molecule has 21 heavy (non-hydrogen) atoms. The lowest BCUT2D eigenvalue weighted by Crippen LogP contribution is -2.15. The van der Waals surface area contributed by atoms with Gasteiger partial charge in [-0.3, -0.25) is 0 Å². The summed E-state index contributed by atoms with van der Waals surface area (Å²) < 4.78 is 16.4. The van der Waals surface area contributed by atoms with Gasteiger partial charge >= 0.3 is 0 Å². The summed E-state index contributed by atoms with van der Waals surface area (Å²) >= 11 is 0. The minimum absolute atomic E-state index is 0. The molecule has 112 valence electrons. The van der Waals surface area contributed by atoms with Crippen LogP contribution in [0.3, 0.4) is 0 Å². The molecule has 2 aromatic carbocycles. The van der Waals surface area contributed by atoms with Gasteiger partial charge in [0.05, 0.1) is 7.11 Å². The number of hydrogen-bond donors (Lipinski definition) is 1. The van der Waals surface area contributed by atoms with Crippen LogP contribution in [0.15, 0.2) is 36.4 Å². The molecule has 0 fully saturated rings. The Morgan fingerprint density at radius 3 is 2.38 bits per heavy atom. The van der Waals surface area contributed by atoms with Crippen molar-refractivity contribution in [3.05, 3.63) is 42.0 Å². The largest absolute Gasteiger partial charge is 0.496 e. The fourth-order valence-corrected chi connectivity index (χ4v) is 2.34. The molecule has 2 N–H and O–H groups in total. The van der Waals surface area contributed by atoms with E-state index < -0.39 is 0 Å². The molecular weight excluding hydrogens is 290 g/mol. The summed E-state index contributed by atoms with van der Waals surface area (Å²) in [5.74, 6) is 2.40. The van der Waals surface area contributed by atoms with Crippen molar-refractivity contribution in [2.24, 2.45) is 5.73 Å². The number of hydrogen-bond acceptors (Lipinski definition) is 4. The van der Waals surface area contributed by atoms with E-state index >= 15 is 0 Å². The molecule has 0 spiro atoms. The van der Waals surface area contributed by atoms with Gasteiger partial charge < -0.3 is 19.9 Å². The topological polar surface area (TPSA) is 53.7 Å². The summed E-state index contributed by atoms with van der Waals surface area (Å²) in [4.78, 5) is 0. The fourth-order valence-electron chi connectivity index (χ4n) is 2.34. The van der Waals surface area contributed by atoms with E-state index in [2.05, 4.69) is 0 Å². The summed E-state index contributed by atoms with van der Waals surface area (Å²) in [6, 6.07) is 12.0. The molecule has 0 aliphatic carbocycles. The smallest absolute Gasteiger partial charge is 0.161 e. The Labute approximate surface area is 130 Å². The first kappa shape index (κ1) is 15.5. The van der Waals surface area contributed by atoms with E-state index in [9.17, 15) is 0 Å². The predicted octanol–water partition coefficient (Wildman–Crippen LogP) is 3.01. The van der Waals surface area contributed by atoms with E-state index in [1.807, 2.05) is 36.4 Å². The molecule has 0 saturated carbocycles. The van der Waals surface area contributed by atoms with Gasteiger partial charge in [0.25, 0.3) is 0 Å². The third-order valence-electron chi connectivity index (χ3n) is 3.38. The van der Waals surface area contributed by atoms with Crippen molar-refractivity contribution in [3.63, 3.8) is 0 Å². The van der Waals surface area contributed by atoms with Gasteiger partial charge in [-0.05, 0) is 35.4 Å². The van der Waals surface area contributed by atoms with Crippen molar-refractivity contribution in [2.75, 3.05) is 20.3 Å². The number of halogens is 1. The summed E-state index contributed by atoms with van der Waals surface area (Å²) in [5.41, 5.74) is 8.91. The molecule has 2 aromatic rings. The summed E-state index contributed by atoms with van der Waals surface area (Å²) in [6.07, 6.45) is 0. The average Bonchev–Trinajstić information content (AvgIpc) is 2.53. The maximum Gasteiger partial charge on any atom is 0.161 e. The highest BCUT2D eigenvalue weighted by Crippen LogP contribution is 2.35. The number of nitrogens with two attached hydrogens (primary N) is 1. The lowest BCUT2D eigenvalue weighted by Gasteiger charge is -2.19. The third kappa shape index (κ3) is 3.06. The first-order valence-electron chi connectivity index (χ1n) is 6.59. The standard InChI is InChI=1S/C16H17NO3.ClH/c1-18-14-4-2-11(8-13(14)10-17)12-3-5-15-16(9-12)20-7-6-19-15;/h2-5,8-9H,6-7,10,17H2,1H3;1H. The van der Waals surface area contributed by atoms with Crippen LogP contribution in [0.1, 0.15) is 5.56 Å². The van der Waals surface area contributed by atoms with Gasteiger partial charge in [-0.15, -0.1) is 12.4 Å². The highest BCUT2D eigenvalue weighted by atomic mass is 35.5. The zero-order valence-electron chi connectivity index (χ0n) is 11.8. The Morgan fingerprint density at radius 1 is 1.00 bits per heavy atom. The van der Waals surface area contributed by atoms with Crippen molar-refractivity contribution >= 4 is 12.4 Å². The molecule has 0 saturated heterocycles. The van der Waals surface area contributed by atoms with Gasteiger partial charge in [0.2, 0.25) is 0 Å². The van der Waals surface area contributed by atoms with Crippen LogP contribution in [0, 0.1) is 0 Å². The minimum atomic E-state index is 0. The van der Waals surface area contributed by atoms with E-state index in [1.54, 1.807) is 7.11 Å². The minimum Gasteiger partial charge on any atom is -0.496 e. The second-order valence-electron chi connectivity index (χ2n) is 4.59. The van der Waals surface area contributed by atoms with E-state index in [0.29, 0.717) is 19.8 Å². The molecule has 0 amide bonds. The van der Waals surface area contributed by atoms with Gasteiger partial charge in [0.1, 0.15) is 19.0 Å². The molecule has 5 heteroatoms. The molecular formula is C16H18ClNO3. The van der Waals surface area contributed by atoms with Gasteiger partial charge in [0, 0.05) is 12.1 Å². The molecule has 0 bridgehead atoms. The van der Waals surface area contributed by atoms with Crippen LogP contribution < -0.4 is 19.9 Å². The summed E-state index contributed by atoms with van der Waals surface area (Å²) in [5, 5.41) is 0. The molecule has 4 nitrogen and oxygen atoms in total. The molecule has 0 unspecified atom stereocenters. The number of fused-ring (bicyclic) bond motifs is 1. The van der Waals surface area contributed by atoms with Crippen molar-refractivity contribution in [3.8, 4) is 28.4 Å². The zero-order chi connectivity index (χ0) is 13.9. The molecule has 3 rings (SSSR count). The van der Waals surface area contributed by atoms with Crippen molar-refractivity contribution in [1.82, 2.24) is 0 Å². The second kappa shape index (κ2) is 6.70. The number of methoxy groups -OCH3 is 1. The Kier molecular flexibility index (Phi) is 4.94. The monoisotopic (exact) mass is 307 g/mol. The van der Waals surface area contributed by atoms with E-state index in [0.717, 1.165) is 33.9 Å². The lowest BCUT2D eigenvalue weighted by molar-refractivity contribution is 0.171. The van der Waals surface area contributed by atoms with Crippen molar-refractivity contribution < 1.29 is 14.2 Å². The maximum absolute atomic E-state index is 5.76. The molecule has 0 atom stereocenters. The highest BCUT2D eigenvalue weighted by molar-refractivity contribution is 5.85. The second-order valence-corrected chi connectivity index (χ2v) is 4.59. The van der Waals surface area contributed by atoms with Gasteiger partial charge in [-0.2, -0.15) is 0 Å².